The van der Waals surface area contributed by atoms with Crippen molar-refractivity contribution in [2.75, 3.05) is 39.3 Å². The average molecular weight is 958 g/mol. The van der Waals surface area contributed by atoms with Gasteiger partial charge in [0.2, 0.25) is 11.8 Å². The lowest BCUT2D eigenvalue weighted by atomic mass is 9.87. The molecule has 5 heterocycles. The number of carbonyl (C=O) groups excluding carboxylic acids is 3. The Morgan fingerprint density at radius 3 is 1.49 bits per heavy atom. The number of nitrogens with zero attached hydrogens (tertiary/aromatic N) is 5. The lowest BCUT2D eigenvalue weighted by Crippen LogP contribution is -2.54. The molecular weight excluding hydrogens is 891 g/mol. The van der Waals surface area contributed by atoms with Crippen LogP contribution in [0, 0.1) is 0 Å². The van der Waals surface area contributed by atoms with Crippen molar-refractivity contribution < 1.29 is 38.5 Å². The molecule has 0 bridgehead atoms. The van der Waals surface area contributed by atoms with Crippen LogP contribution < -0.4 is 15.5 Å². The summed E-state index contributed by atoms with van der Waals surface area (Å²) >= 11 is 0. The molecule has 5 aromatic rings. The number of likely N-dealkylation sites (tertiary alicyclic amines) is 2. The number of anilines is 1. The molecule has 3 fully saturated rings. The number of H-pyrrole nitrogens is 2. The van der Waals surface area contributed by atoms with Gasteiger partial charge in [0.15, 0.2) is 0 Å². The normalized spacial score (nSPS) is 21.1. The van der Waals surface area contributed by atoms with Gasteiger partial charge >= 0.3 is 12.2 Å². The van der Waals surface area contributed by atoms with Crippen molar-refractivity contribution >= 4 is 29.7 Å². The Morgan fingerprint density at radius 2 is 1.09 bits per heavy atom. The van der Waals surface area contributed by atoms with Gasteiger partial charge in [-0.2, -0.15) is 0 Å². The summed E-state index contributed by atoms with van der Waals surface area (Å²) in [4.78, 5) is 73.7. The van der Waals surface area contributed by atoms with Crippen LogP contribution >= 0.6 is 0 Å². The SMILES string of the molecule is COC(=O)N[C@@H](C(=O)N1CCC[C@H]1c1ncc(-c2ccc([C@@H]3CC[C@@H](c4ccc(-c5cnc([C@@H]6CCCN6C(=O)[C@@H](NC(=O)O)[C@H](C)OC)[nH]5)cc4)N3c3ccc(C(C)(C)C)cc3)cc2)[nH]1)C(C)OC. The zero-order chi connectivity index (χ0) is 49.9. The molecule has 70 heavy (non-hydrogen) atoms. The highest BCUT2D eigenvalue weighted by Gasteiger charge is 2.41. The maximum absolute atomic E-state index is 13.8. The fourth-order valence-electron chi connectivity index (χ4n) is 10.4. The zero-order valence-corrected chi connectivity index (χ0v) is 41.4. The van der Waals surface area contributed by atoms with Crippen molar-refractivity contribution in [1.29, 1.82) is 0 Å². The highest BCUT2D eigenvalue weighted by atomic mass is 16.5. The maximum Gasteiger partial charge on any atom is 0.407 e. The molecule has 0 radical (unpaired) electrons. The van der Waals surface area contributed by atoms with Crippen LogP contribution in [0.4, 0.5) is 15.3 Å². The standard InChI is InChI=1S/C53H67N9O8/c1-31(68-6)45(58-51(65)66)49(63)60-27-9-11-43(60)47-54-29-39(56-47)33-13-17-35(18-14-33)41-25-26-42(62(41)38-23-21-37(22-24-38)53(3,4)5)36-19-15-34(16-20-36)40-30-55-48(57-40)44-12-10-28-61(44)50(64)46(32(2)69-7)59-52(67)70-8/h13-24,29-32,41-46,58H,9-12,25-28H2,1-8H3,(H,54,56)(H,55,57)(H,59,67)(H,65,66)/t31-,32?,41-,42-,43-,44-,45-,46+/m0/s1. The number of methoxy groups -OCH3 is 3. The van der Waals surface area contributed by atoms with Crippen molar-refractivity contribution in [1.82, 2.24) is 40.4 Å². The van der Waals surface area contributed by atoms with Crippen molar-refractivity contribution in [2.45, 2.75) is 127 Å². The minimum atomic E-state index is -1.28. The molecule has 17 heteroatoms. The van der Waals surface area contributed by atoms with Gasteiger partial charge in [0.25, 0.3) is 0 Å². The number of carboxylic acid groups (broad SMARTS) is 1. The molecule has 3 aromatic carbocycles. The van der Waals surface area contributed by atoms with E-state index in [4.69, 9.17) is 24.2 Å². The molecule has 372 valence electrons. The Kier molecular flexibility index (Phi) is 15.0. The van der Waals surface area contributed by atoms with Gasteiger partial charge in [-0.25, -0.2) is 19.6 Å². The quantitative estimate of drug-likeness (QED) is 0.0671. The molecule has 3 saturated heterocycles. The lowest BCUT2D eigenvalue weighted by Gasteiger charge is -2.34. The Bertz CT molecular complexity index is 2610. The summed E-state index contributed by atoms with van der Waals surface area (Å²) in [5.41, 5.74) is 8.49. The Balaban J connectivity index is 1.00. The molecule has 1 unspecified atom stereocenters. The van der Waals surface area contributed by atoms with E-state index in [1.807, 2.05) is 6.20 Å². The fourth-order valence-corrected chi connectivity index (χ4v) is 10.4. The third-order valence-electron chi connectivity index (χ3n) is 14.5. The molecule has 17 nitrogen and oxygen atoms in total. The van der Waals surface area contributed by atoms with Crippen molar-refractivity contribution in [3.63, 3.8) is 0 Å². The van der Waals surface area contributed by atoms with E-state index < -0.39 is 36.5 Å². The minimum Gasteiger partial charge on any atom is -0.465 e. The number of imidazole rings is 2. The summed E-state index contributed by atoms with van der Waals surface area (Å²) in [6.07, 6.45) is 5.36. The van der Waals surface area contributed by atoms with Crippen LogP contribution in [0.1, 0.15) is 126 Å². The van der Waals surface area contributed by atoms with Gasteiger partial charge in [-0.1, -0.05) is 81.4 Å². The van der Waals surface area contributed by atoms with Crippen LogP contribution in [-0.2, 0) is 29.2 Å². The Hall–Kier alpha value is -6.72. The number of aromatic nitrogens is 4. The predicted octanol–water partition coefficient (Wildman–Crippen LogP) is 8.60. The van der Waals surface area contributed by atoms with E-state index in [9.17, 15) is 24.3 Å². The molecule has 0 spiro atoms. The third kappa shape index (κ3) is 10.4. The van der Waals surface area contributed by atoms with Crippen LogP contribution in [-0.4, -0.2) is 118 Å². The highest BCUT2D eigenvalue weighted by Crippen LogP contribution is 2.48. The summed E-state index contributed by atoms with van der Waals surface area (Å²) in [5, 5.41) is 14.4. The summed E-state index contributed by atoms with van der Waals surface area (Å²) in [6, 6.07) is 24.0. The number of carbonyl (C=O) groups is 4. The van der Waals surface area contributed by atoms with Crippen LogP contribution in [0.3, 0.4) is 0 Å². The van der Waals surface area contributed by atoms with E-state index in [1.54, 1.807) is 29.8 Å². The van der Waals surface area contributed by atoms with Crippen molar-refractivity contribution in [3.05, 3.63) is 114 Å². The monoisotopic (exact) mass is 958 g/mol. The van der Waals surface area contributed by atoms with Gasteiger partial charge in [0.05, 0.1) is 67.3 Å². The van der Waals surface area contributed by atoms with Gasteiger partial charge < -0.3 is 54.6 Å². The van der Waals surface area contributed by atoms with E-state index in [-0.39, 0.29) is 41.4 Å². The number of amides is 4. The van der Waals surface area contributed by atoms with Crippen LogP contribution in [0.5, 0.6) is 0 Å². The number of hydrogen-bond donors (Lipinski definition) is 5. The minimum absolute atomic E-state index is 0.0134. The molecule has 4 amide bonds. The van der Waals surface area contributed by atoms with E-state index in [0.29, 0.717) is 31.2 Å². The topological polar surface area (TPSA) is 207 Å². The lowest BCUT2D eigenvalue weighted by molar-refractivity contribution is -0.138. The number of hydrogen-bond acceptors (Lipinski definition) is 10. The molecule has 0 aliphatic carbocycles. The van der Waals surface area contributed by atoms with Crippen LogP contribution in [0.15, 0.2) is 85.2 Å². The van der Waals surface area contributed by atoms with Crippen LogP contribution in [0.25, 0.3) is 22.5 Å². The van der Waals surface area contributed by atoms with Gasteiger partial charge in [0.1, 0.15) is 23.7 Å². The molecule has 2 aromatic heterocycles. The van der Waals surface area contributed by atoms with Crippen molar-refractivity contribution in [2.24, 2.45) is 0 Å². The highest BCUT2D eigenvalue weighted by molar-refractivity contribution is 5.87. The molecule has 5 N–H and O–H groups in total. The first-order valence-corrected chi connectivity index (χ1v) is 24.3. The molecule has 0 saturated carbocycles. The Morgan fingerprint density at radius 1 is 0.643 bits per heavy atom. The molecular formula is C53H67N9O8. The van der Waals surface area contributed by atoms with Gasteiger partial charge in [-0.3, -0.25) is 9.59 Å². The number of rotatable bonds is 15. The molecule has 3 aliphatic rings. The second kappa shape index (κ2) is 21.1. The zero-order valence-electron chi connectivity index (χ0n) is 41.4. The summed E-state index contributed by atoms with van der Waals surface area (Å²) < 4.78 is 15.6. The maximum atomic E-state index is 13.8. The largest absolute Gasteiger partial charge is 0.465 e. The van der Waals surface area contributed by atoms with Gasteiger partial charge in [-0.15, -0.1) is 0 Å². The van der Waals surface area contributed by atoms with E-state index >= 15 is 0 Å². The molecule has 8 rings (SSSR count). The average Bonchev–Trinajstić information content (AvgIpc) is 4.23. The summed E-state index contributed by atoms with van der Waals surface area (Å²) in [7, 11) is 4.23. The van der Waals surface area contributed by atoms with Gasteiger partial charge in [0, 0.05) is 33.0 Å². The Labute approximate surface area is 409 Å². The van der Waals surface area contributed by atoms with Crippen molar-refractivity contribution in [3.8, 4) is 22.5 Å². The first-order valence-electron chi connectivity index (χ1n) is 24.3. The van der Waals surface area contributed by atoms with Crippen LogP contribution in [0.2, 0.25) is 0 Å². The molecule has 8 atom stereocenters. The second-order valence-electron chi connectivity index (χ2n) is 19.7. The van der Waals surface area contributed by atoms with E-state index in [0.717, 1.165) is 60.3 Å². The van der Waals surface area contributed by atoms with E-state index in [2.05, 4.69) is 119 Å². The first kappa shape index (κ1) is 49.7. The van der Waals surface area contributed by atoms with E-state index in [1.165, 1.54) is 38.0 Å². The fraction of sp³-hybridized carbons (Fsp3) is 0.472. The second-order valence-corrected chi connectivity index (χ2v) is 19.7. The first-order chi connectivity index (χ1) is 33.6. The number of benzene rings is 3. The predicted molar refractivity (Wildman–Crippen MR) is 265 cm³/mol. The third-order valence-corrected chi connectivity index (χ3v) is 14.5. The number of nitrogens with one attached hydrogen (secondary N) is 4. The smallest absolute Gasteiger partial charge is 0.407 e. The van der Waals surface area contributed by atoms with Gasteiger partial charge in [-0.05, 0) is 97.7 Å². The number of ether oxygens (including phenoxy) is 3. The summed E-state index contributed by atoms with van der Waals surface area (Å²) in [6.45, 7) is 11.1. The molecule has 3 aliphatic heterocycles. The summed E-state index contributed by atoms with van der Waals surface area (Å²) in [5.74, 6) is 0.778. The number of alkyl carbamates (subject to hydrolysis) is 1. The number of aromatic amines is 2.